The lowest BCUT2D eigenvalue weighted by Crippen LogP contribution is -2.39. The van der Waals surface area contributed by atoms with Crippen molar-refractivity contribution in [1.82, 2.24) is 9.21 Å². The highest BCUT2D eigenvalue weighted by Gasteiger charge is 2.52. The predicted octanol–water partition coefficient (Wildman–Crippen LogP) is 0.905. The fourth-order valence-corrected chi connectivity index (χ4v) is 5.32. The number of hydrogen-bond acceptors (Lipinski definition) is 5. The summed E-state index contributed by atoms with van der Waals surface area (Å²) in [5, 5.41) is 2.61. The molecule has 27 heavy (non-hydrogen) atoms. The van der Waals surface area contributed by atoms with Gasteiger partial charge >= 0.3 is 0 Å². The minimum absolute atomic E-state index is 0.0262. The summed E-state index contributed by atoms with van der Waals surface area (Å²) in [5.74, 6) is -0.192. The molecule has 1 unspecified atom stereocenters. The fourth-order valence-electron chi connectivity index (χ4n) is 3.79. The summed E-state index contributed by atoms with van der Waals surface area (Å²) in [6, 6.07) is 6.08. The number of hydrogen-bond donors (Lipinski definition) is 1. The van der Waals surface area contributed by atoms with Crippen molar-refractivity contribution < 1.29 is 22.7 Å². The molecule has 3 rings (SSSR count). The maximum atomic E-state index is 13.0. The van der Waals surface area contributed by atoms with E-state index in [4.69, 9.17) is 4.74 Å². The Balaban J connectivity index is 1.72. The van der Waals surface area contributed by atoms with Crippen LogP contribution in [0.3, 0.4) is 0 Å². The normalized spacial score (nSPS) is 23.3. The summed E-state index contributed by atoms with van der Waals surface area (Å²) < 4.78 is 32.4. The molecule has 1 N–H and O–H groups in total. The summed E-state index contributed by atoms with van der Waals surface area (Å²) >= 11 is 0. The molecule has 2 heterocycles. The van der Waals surface area contributed by atoms with Crippen molar-refractivity contribution in [1.29, 1.82) is 0 Å². The Morgan fingerprint density at radius 3 is 2.52 bits per heavy atom. The van der Waals surface area contributed by atoms with Crippen LogP contribution < -0.4 is 5.32 Å². The van der Waals surface area contributed by atoms with Crippen molar-refractivity contribution in [3.63, 3.8) is 0 Å². The number of carbonyl (C=O) groups excluding carboxylic acids is 2. The van der Waals surface area contributed by atoms with Gasteiger partial charge in [-0.25, -0.2) is 8.42 Å². The SMILES string of the molecule is COCCN1CCC2(CCN(S(=O)(=O)c3ccc(NC(C)=O)cc3)C2)C1=O. The number of amides is 2. The molecule has 0 aliphatic carbocycles. The van der Waals surface area contributed by atoms with Crippen LogP contribution in [-0.4, -0.2) is 69.3 Å². The lowest BCUT2D eigenvalue weighted by atomic mass is 9.86. The number of ether oxygens (including phenoxy) is 1. The molecule has 2 fully saturated rings. The highest BCUT2D eigenvalue weighted by molar-refractivity contribution is 7.89. The average Bonchev–Trinajstić information content (AvgIpc) is 3.20. The summed E-state index contributed by atoms with van der Waals surface area (Å²) in [6.07, 6.45) is 1.21. The molecule has 8 nitrogen and oxygen atoms in total. The summed E-state index contributed by atoms with van der Waals surface area (Å²) in [5.41, 5.74) is -0.0733. The first-order valence-corrected chi connectivity index (χ1v) is 10.4. The molecular weight excluding hydrogens is 370 g/mol. The summed E-state index contributed by atoms with van der Waals surface area (Å²) in [7, 11) is -2.09. The third-order valence-electron chi connectivity index (χ3n) is 5.30. The summed E-state index contributed by atoms with van der Waals surface area (Å²) in [4.78, 5) is 25.8. The van der Waals surface area contributed by atoms with Crippen molar-refractivity contribution in [3.8, 4) is 0 Å². The van der Waals surface area contributed by atoms with Gasteiger partial charge in [0.05, 0.1) is 16.9 Å². The van der Waals surface area contributed by atoms with Gasteiger partial charge in [0.15, 0.2) is 0 Å². The number of methoxy groups -OCH3 is 1. The number of benzene rings is 1. The molecule has 1 spiro atoms. The van der Waals surface area contributed by atoms with Gasteiger partial charge in [-0.3, -0.25) is 9.59 Å². The van der Waals surface area contributed by atoms with Gasteiger partial charge in [0.1, 0.15) is 0 Å². The second-order valence-corrected chi connectivity index (χ2v) is 9.05. The lowest BCUT2D eigenvalue weighted by Gasteiger charge is -2.23. The van der Waals surface area contributed by atoms with Gasteiger partial charge in [-0.2, -0.15) is 4.31 Å². The second-order valence-electron chi connectivity index (χ2n) is 7.11. The van der Waals surface area contributed by atoms with E-state index in [-0.39, 0.29) is 23.3 Å². The quantitative estimate of drug-likeness (QED) is 0.772. The molecule has 0 saturated carbocycles. The highest BCUT2D eigenvalue weighted by Crippen LogP contribution is 2.42. The van der Waals surface area contributed by atoms with Crippen LogP contribution in [0.15, 0.2) is 29.2 Å². The smallest absolute Gasteiger partial charge is 0.243 e. The molecule has 148 valence electrons. The van der Waals surface area contributed by atoms with E-state index in [1.165, 1.54) is 23.4 Å². The van der Waals surface area contributed by atoms with Crippen LogP contribution in [0.5, 0.6) is 0 Å². The lowest BCUT2D eigenvalue weighted by molar-refractivity contribution is -0.135. The average molecular weight is 395 g/mol. The standard InChI is InChI=1S/C18H25N3O5S/c1-14(22)19-15-3-5-16(6-4-15)27(24,25)21-10-8-18(13-21)7-9-20(17(18)23)11-12-26-2/h3-6H,7-13H2,1-2H3,(H,19,22). The number of rotatable bonds is 6. The van der Waals surface area contributed by atoms with Crippen LogP contribution in [0.25, 0.3) is 0 Å². The zero-order chi connectivity index (χ0) is 19.7. The summed E-state index contributed by atoms with van der Waals surface area (Å²) in [6.45, 7) is 3.59. The van der Waals surface area contributed by atoms with E-state index < -0.39 is 15.4 Å². The Bertz CT molecular complexity index is 824. The molecule has 0 aromatic heterocycles. The first-order chi connectivity index (χ1) is 12.8. The van der Waals surface area contributed by atoms with Gasteiger partial charge < -0.3 is 15.0 Å². The van der Waals surface area contributed by atoms with E-state index in [1.54, 1.807) is 24.1 Å². The van der Waals surface area contributed by atoms with Gasteiger partial charge in [-0.05, 0) is 37.1 Å². The van der Waals surface area contributed by atoms with Gasteiger partial charge in [0.25, 0.3) is 0 Å². The van der Waals surface area contributed by atoms with Gasteiger partial charge in [-0.1, -0.05) is 0 Å². The van der Waals surface area contributed by atoms with Crippen LogP contribution in [0.4, 0.5) is 5.69 Å². The first-order valence-electron chi connectivity index (χ1n) is 8.95. The van der Waals surface area contributed by atoms with Crippen LogP contribution >= 0.6 is 0 Å². The third kappa shape index (κ3) is 3.85. The van der Waals surface area contributed by atoms with Crippen molar-refractivity contribution in [2.45, 2.75) is 24.7 Å². The van der Waals surface area contributed by atoms with Crippen molar-refractivity contribution in [2.24, 2.45) is 5.41 Å². The van der Waals surface area contributed by atoms with Crippen LogP contribution in [0.2, 0.25) is 0 Å². The fraction of sp³-hybridized carbons (Fsp3) is 0.556. The van der Waals surface area contributed by atoms with E-state index in [1.807, 2.05) is 0 Å². The minimum atomic E-state index is -3.68. The Hall–Kier alpha value is -1.97. The number of nitrogens with one attached hydrogen (secondary N) is 1. The van der Waals surface area contributed by atoms with Crippen LogP contribution in [0, 0.1) is 5.41 Å². The van der Waals surface area contributed by atoms with Gasteiger partial charge in [0, 0.05) is 45.9 Å². The Morgan fingerprint density at radius 2 is 1.89 bits per heavy atom. The molecule has 1 atom stereocenters. The van der Waals surface area contributed by atoms with Gasteiger partial charge in [-0.15, -0.1) is 0 Å². The van der Waals surface area contributed by atoms with E-state index in [0.717, 1.165) is 0 Å². The minimum Gasteiger partial charge on any atom is -0.383 e. The van der Waals surface area contributed by atoms with Crippen molar-refractivity contribution in [3.05, 3.63) is 24.3 Å². The maximum absolute atomic E-state index is 13.0. The Morgan fingerprint density at radius 1 is 1.22 bits per heavy atom. The molecule has 0 bridgehead atoms. The van der Waals surface area contributed by atoms with Gasteiger partial charge in [0.2, 0.25) is 21.8 Å². The molecule has 1 aromatic rings. The van der Waals surface area contributed by atoms with E-state index >= 15 is 0 Å². The Labute approximate surface area is 159 Å². The molecule has 0 radical (unpaired) electrons. The molecule has 1 aromatic carbocycles. The predicted molar refractivity (Wildman–Crippen MR) is 99.6 cm³/mol. The number of carbonyl (C=O) groups is 2. The van der Waals surface area contributed by atoms with E-state index in [2.05, 4.69) is 5.32 Å². The molecule has 2 aliphatic rings. The van der Waals surface area contributed by atoms with E-state index in [9.17, 15) is 18.0 Å². The van der Waals surface area contributed by atoms with Crippen molar-refractivity contribution >= 4 is 27.5 Å². The van der Waals surface area contributed by atoms with Crippen molar-refractivity contribution in [2.75, 3.05) is 45.2 Å². The number of likely N-dealkylation sites (tertiary alicyclic amines) is 1. The molecule has 2 amide bonds. The first kappa shape index (κ1) is 19.8. The number of nitrogens with zero attached hydrogens (tertiary/aromatic N) is 2. The van der Waals surface area contributed by atoms with E-state index in [0.29, 0.717) is 44.8 Å². The van der Waals surface area contributed by atoms with Crippen LogP contribution in [-0.2, 0) is 24.3 Å². The highest BCUT2D eigenvalue weighted by atomic mass is 32.2. The molecule has 2 aliphatic heterocycles. The monoisotopic (exact) mass is 395 g/mol. The number of sulfonamides is 1. The number of anilines is 1. The third-order valence-corrected chi connectivity index (χ3v) is 7.16. The maximum Gasteiger partial charge on any atom is 0.243 e. The molecular formula is C18H25N3O5S. The molecule has 2 saturated heterocycles. The zero-order valence-electron chi connectivity index (χ0n) is 15.6. The van der Waals surface area contributed by atoms with Crippen LogP contribution in [0.1, 0.15) is 19.8 Å². The molecule has 9 heteroatoms. The zero-order valence-corrected chi connectivity index (χ0v) is 16.4. The largest absolute Gasteiger partial charge is 0.383 e. The topological polar surface area (TPSA) is 96.0 Å². The Kier molecular flexibility index (Phi) is 5.55. The second kappa shape index (κ2) is 7.57.